The first-order chi connectivity index (χ1) is 6.15. The Morgan fingerprint density at radius 2 is 2.46 bits per heavy atom. The van der Waals surface area contributed by atoms with Gasteiger partial charge in [-0.15, -0.1) is 0 Å². The molecule has 5 heteroatoms. The molecule has 0 saturated carbocycles. The van der Waals surface area contributed by atoms with Gasteiger partial charge in [-0.05, 0) is 22.0 Å². The molecule has 0 spiro atoms. The van der Waals surface area contributed by atoms with Gasteiger partial charge in [-0.2, -0.15) is 5.26 Å². The number of hydrogen-bond acceptors (Lipinski definition) is 3. The minimum Gasteiger partial charge on any atom is -0.322 e. The van der Waals surface area contributed by atoms with Crippen molar-refractivity contribution in [1.82, 2.24) is 4.98 Å². The average molecular weight is 244 g/mol. The van der Waals surface area contributed by atoms with E-state index in [1.54, 1.807) is 0 Å². The molecule has 0 radical (unpaired) electrons. The van der Waals surface area contributed by atoms with E-state index in [1.165, 1.54) is 12.3 Å². The number of pyridine rings is 1. The monoisotopic (exact) mass is 243 g/mol. The molecule has 1 heterocycles. The predicted molar refractivity (Wildman–Crippen MR) is 49.1 cm³/mol. The van der Waals surface area contributed by atoms with Gasteiger partial charge in [-0.25, -0.2) is 4.39 Å². The van der Waals surface area contributed by atoms with Crippen LogP contribution in [0.1, 0.15) is 18.2 Å². The molecule has 13 heavy (non-hydrogen) atoms. The lowest BCUT2D eigenvalue weighted by atomic mass is 10.1. The van der Waals surface area contributed by atoms with E-state index in [1.807, 2.05) is 6.07 Å². The van der Waals surface area contributed by atoms with Crippen molar-refractivity contribution >= 4 is 15.9 Å². The number of nitrogens with two attached hydrogens (primary N) is 1. The van der Waals surface area contributed by atoms with Crippen LogP contribution in [0.2, 0.25) is 0 Å². The lowest BCUT2D eigenvalue weighted by Gasteiger charge is -2.07. The summed E-state index contributed by atoms with van der Waals surface area (Å²) < 4.78 is 13.7. The Morgan fingerprint density at radius 3 is 3.00 bits per heavy atom. The second-order valence-corrected chi connectivity index (χ2v) is 3.41. The van der Waals surface area contributed by atoms with Crippen molar-refractivity contribution in [2.75, 3.05) is 0 Å². The molecule has 0 aliphatic rings. The Balaban J connectivity index is 2.96. The second-order valence-electron chi connectivity index (χ2n) is 2.49. The molecule has 1 aromatic rings. The van der Waals surface area contributed by atoms with E-state index >= 15 is 0 Å². The highest BCUT2D eigenvalue weighted by Crippen LogP contribution is 2.18. The van der Waals surface area contributed by atoms with Crippen molar-refractivity contribution in [3.8, 4) is 6.07 Å². The quantitative estimate of drug-likeness (QED) is 0.863. The summed E-state index contributed by atoms with van der Waals surface area (Å²) in [6, 6.07) is 2.49. The van der Waals surface area contributed by atoms with Crippen LogP contribution in [-0.4, -0.2) is 4.98 Å². The zero-order valence-corrected chi connectivity index (χ0v) is 8.25. The SMILES string of the molecule is N#CC[C@H](N)c1ncc(Br)cc1F. The highest BCUT2D eigenvalue weighted by atomic mass is 79.9. The number of rotatable bonds is 2. The molecule has 0 unspecified atom stereocenters. The van der Waals surface area contributed by atoms with Crippen molar-refractivity contribution in [3.05, 3.63) is 28.2 Å². The van der Waals surface area contributed by atoms with E-state index in [2.05, 4.69) is 20.9 Å². The Hall–Kier alpha value is -0.990. The number of aromatic nitrogens is 1. The number of hydrogen-bond donors (Lipinski definition) is 1. The first-order valence-electron chi connectivity index (χ1n) is 3.58. The summed E-state index contributed by atoms with van der Waals surface area (Å²) in [5.41, 5.74) is 5.65. The molecule has 1 aromatic heterocycles. The summed E-state index contributed by atoms with van der Waals surface area (Å²) in [5.74, 6) is -0.489. The van der Waals surface area contributed by atoms with Crippen LogP contribution in [0, 0.1) is 17.1 Å². The molecule has 0 fully saturated rings. The Morgan fingerprint density at radius 1 is 1.77 bits per heavy atom. The Labute approximate surface area is 83.5 Å². The smallest absolute Gasteiger partial charge is 0.147 e. The number of halogens is 2. The van der Waals surface area contributed by atoms with Crippen molar-refractivity contribution in [2.24, 2.45) is 5.73 Å². The first-order valence-corrected chi connectivity index (χ1v) is 4.38. The van der Waals surface area contributed by atoms with Crippen LogP contribution in [0.5, 0.6) is 0 Å². The van der Waals surface area contributed by atoms with Crippen LogP contribution in [0.4, 0.5) is 4.39 Å². The molecule has 0 saturated heterocycles. The minimum atomic E-state index is -0.655. The van der Waals surface area contributed by atoms with E-state index in [0.29, 0.717) is 4.47 Å². The van der Waals surface area contributed by atoms with Crippen LogP contribution < -0.4 is 5.73 Å². The Kier molecular flexibility index (Phi) is 3.34. The first kappa shape index (κ1) is 10.1. The molecule has 0 aliphatic carbocycles. The zero-order chi connectivity index (χ0) is 9.84. The fourth-order valence-corrected chi connectivity index (χ4v) is 1.20. The maximum atomic E-state index is 13.1. The summed E-state index contributed by atoms with van der Waals surface area (Å²) >= 11 is 3.08. The molecule has 0 amide bonds. The van der Waals surface area contributed by atoms with Crippen molar-refractivity contribution in [1.29, 1.82) is 5.26 Å². The largest absolute Gasteiger partial charge is 0.322 e. The van der Waals surface area contributed by atoms with Gasteiger partial charge in [0, 0.05) is 10.7 Å². The molecule has 0 bridgehead atoms. The average Bonchev–Trinajstić information content (AvgIpc) is 2.04. The fourth-order valence-electron chi connectivity index (χ4n) is 0.893. The Bertz CT molecular complexity index is 348. The van der Waals surface area contributed by atoms with Gasteiger partial charge in [0.05, 0.1) is 24.2 Å². The summed E-state index contributed by atoms with van der Waals surface area (Å²) in [6.07, 6.45) is 1.52. The molecular formula is C8H7BrFN3. The highest BCUT2D eigenvalue weighted by molar-refractivity contribution is 9.10. The van der Waals surface area contributed by atoms with Gasteiger partial charge in [0.2, 0.25) is 0 Å². The van der Waals surface area contributed by atoms with Crippen molar-refractivity contribution in [2.45, 2.75) is 12.5 Å². The predicted octanol–water partition coefficient (Wildman–Crippen LogP) is 1.90. The molecule has 0 aromatic carbocycles. The van der Waals surface area contributed by atoms with Crippen LogP contribution in [0.3, 0.4) is 0 Å². The maximum Gasteiger partial charge on any atom is 0.147 e. The lowest BCUT2D eigenvalue weighted by molar-refractivity contribution is 0.568. The van der Waals surface area contributed by atoms with E-state index in [-0.39, 0.29) is 12.1 Å². The van der Waals surface area contributed by atoms with E-state index in [4.69, 9.17) is 11.0 Å². The molecule has 2 N–H and O–H groups in total. The summed E-state index contributed by atoms with van der Waals surface area (Å²) in [6.45, 7) is 0. The third-order valence-corrected chi connectivity index (χ3v) is 1.93. The van der Waals surface area contributed by atoms with Gasteiger partial charge < -0.3 is 5.73 Å². The standard InChI is InChI=1S/C8H7BrFN3/c9-5-3-6(10)8(13-4-5)7(12)1-2-11/h3-4,7H,1,12H2/t7-/m0/s1. The molecular weight excluding hydrogens is 237 g/mol. The highest BCUT2D eigenvalue weighted by Gasteiger charge is 2.12. The lowest BCUT2D eigenvalue weighted by Crippen LogP contribution is -2.13. The molecule has 1 rings (SSSR count). The molecule has 68 valence electrons. The van der Waals surface area contributed by atoms with Crippen molar-refractivity contribution < 1.29 is 4.39 Å². The number of nitriles is 1. The topological polar surface area (TPSA) is 62.7 Å². The van der Waals surface area contributed by atoms with Crippen LogP contribution >= 0.6 is 15.9 Å². The third-order valence-electron chi connectivity index (χ3n) is 1.50. The van der Waals surface area contributed by atoms with E-state index in [9.17, 15) is 4.39 Å². The fraction of sp³-hybridized carbons (Fsp3) is 0.250. The second kappa shape index (κ2) is 4.30. The van der Waals surface area contributed by atoms with Gasteiger partial charge in [-0.1, -0.05) is 0 Å². The summed E-state index contributed by atoms with van der Waals surface area (Å²) in [5, 5.41) is 8.35. The van der Waals surface area contributed by atoms with E-state index < -0.39 is 11.9 Å². The van der Waals surface area contributed by atoms with Gasteiger partial charge >= 0.3 is 0 Å². The van der Waals surface area contributed by atoms with Crippen molar-refractivity contribution in [3.63, 3.8) is 0 Å². The zero-order valence-electron chi connectivity index (χ0n) is 6.67. The third kappa shape index (κ3) is 2.47. The molecule has 3 nitrogen and oxygen atoms in total. The number of nitrogens with zero attached hydrogens (tertiary/aromatic N) is 2. The van der Waals surface area contributed by atoms with Gasteiger partial charge in [0.15, 0.2) is 0 Å². The minimum absolute atomic E-state index is 0.0611. The summed E-state index contributed by atoms with van der Waals surface area (Å²) in [7, 11) is 0. The normalized spacial score (nSPS) is 12.2. The van der Waals surface area contributed by atoms with Gasteiger partial charge in [-0.3, -0.25) is 4.98 Å². The van der Waals surface area contributed by atoms with Gasteiger partial charge in [0.25, 0.3) is 0 Å². The molecule has 1 atom stereocenters. The van der Waals surface area contributed by atoms with Crippen LogP contribution in [0.15, 0.2) is 16.7 Å². The van der Waals surface area contributed by atoms with Crippen LogP contribution in [-0.2, 0) is 0 Å². The van der Waals surface area contributed by atoms with E-state index in [0.717, 1.165) is 0 Å². The van der Waals surface area contributed by atoms with Gasteiger partial charge in [0.1, 0.15) is 5.82 Å². The summed E-state index contributed by atoms with van der Waals surface area (Å²) in [4.78, 5) is 3.80. The molecule has 0 aliphatic heterocycles. The maximum absolute atomic E-state index is 13.1. The van der Waals surface area contributed by atoms with Crippen LogP contribution in [0.25, 0.3) is 0 Å².